The van der Waals surface area contributed by atoms with Crippen molar-refractivity contribution in [2.45, 2.75) is 134 Å². The van der Waals surface area contributed by atoms with E-state index < -0.39 is 9.84 Å². The molecular weight excluding hydrogens is 412 g/mol. The van der Waals surface area contributed by atoms with Crippen molar-refractivity contribution in [2.75, 3.05) is 0 Å². The predicted molar refractivity (Wildman–Crippen MR) is 140 cm³/mol. The highest BCUT2D eigenvalue weighted by Gasteiger charge is 2.26. The summed E-state index contributed by atoms with van der Waals surface area (Å²) in [6.45, 7) is 4.55. The van der Waals surface area contributed by atoms with Crippen LogP contribution >= 0.6 is 0 Å². The Morgan fingerprint density at radius 2 is 1.16 bits per heavy atom. The van der Waals surface area contributed by atoms with Gasteiger partial charge in [-0.2, -0.15) is 0 Å². The number of sulfone groups is 1. The SMILES string of the molecule is CCCCCCCCCCC(CCCCCCCC)CCC1=CS(=O)(=O)c2ccccc21. The highest BCUT2D eigenvalue weighted by molar-refractivity contribution is 7.95. The highest BCUT2D eigenvalue weighted by Crippen LogP contribution is 2.37. The van der Waals surface area contributed by atoms with Gasteiger partial charge >= 0.3 is 0 Å². The van der Waals surface area contributed by atoms with Crippen LogP contribution in [0.1, 0.15) is 135 Å². The average Bonchev–Trinajstić information content (AvgIpc) is 3.06. The Bertz CT molecular complexity index is 763. The first-order chi connectivity index (χ1) is 15.6. The van der Waals surface area contributed by atoms with E-state index in [0.29, 0.717) is 4.90 Å². The number of rotatable bonds is 19. The van der Waals surface area contributed by atoms with Gasteiger partial charge in [-0.05, 0) is 36.0 Å². The zero-order valence-electron chi connectivity index (χ0n) is 20.9. The summed E-state index contributed by atoms with van der Waals surface area (Å²) in [5.74, 6) is 0.734. The summed E-state index contributed by atoms with van der Waals surface area (Å²) in [5.41, 5.74) is 1.97. The van der Waals surface area contributed by atoms with Crippen molar-refractivity contribution in [2.24, 2.45) is 5.92 Å². The second-order valence-corrected chi connectivity index (χ2v) is 11.7. The molecule has 1 aromatic rings. The maximum Gasteiger partial charge on any atom is 0.200 e. The van der Waals surface area contributed by atoms with E-state index in [0.717, 1.165) is 29.9 Å². The lowest BCUT2D eigenvalue weighted by Gasteiger charge is -2.17. The van der Waals surface area contributed by atoms with E-state index in [1.165, 1.54) is 108 Å². The molecule has 1 aromatic carbocycles. The van der Waals surface area contributed by atoms with E-state index >= 15 is 0 Å². The fraction of sp³-hybridized carbons (Fsp3) is 0.724. The van der Waals surface area contributed by atoms with E-state index in [9.17, 15) is 8.42 Å². The molecule has 0 spiro atoms. The van der Waals surface area contributed by atoms with E-state index in [1.807, 2.05) is 18.2 Å². The third-order valence-corrected chi connectivity index (χ3v) is 8.65. The molecule has 1 atom stereocenters. The van der Waals surface area contributed by atoms with Crippen LogP contribution in [-0.4, -0.2) is 8.42 Å². The van der Waals surface area contributed by atoms with Crippen molar-refractivity contribution in [1.29, 1.82) is 0 Å². The molecule has 0 saturated heterocycles. The Kier molecular flexibility index (Phi) is 13.3. The van der Waals surface area contributed by atoms with Crippen molar-refractivity contribution < 1.29 is 8.42 Å². The van der Waals surface area contributed by atoms with Gasteiger partial charge in [0.15, 0.2) is 0 Å². The summed E-state index contributed by atoms with van der Waals surface area (Å²) in [7, 11) is -3.23. The van der Waals surface area contributed by atoms with Crippen LogP contribution < -0.4 is 0 Å². The summed E-state index contributed by atoms with van der Waals surface area (Å²) < 4.78 is 24.9. The minimum absolute atomic E-state index is 0.505. The van der Waals surface area contributed by atoms with Gasteiger partial charge in [0, 0.05) is 5.41 Å². The molecule has 1 aliphatic heterocycles. The number of hydrogen-bond acceptors (Lipinski definition) is 2. The van der Waals surface area contributed by atoms with Crippen LogP contribution in [0, 0.1) is 5.92 Å². The summed E-state index contributed by atoms with van der Waals surface area (Å²) in [4.78, 5) is 0.505. The molecule has 0 bridgehead atoms. The van der Waals surface area contributed by atoms with Gasteiger partial charge in [0.25, 0.3) is 0 Å². The molecule has 1 aliphatic rings. The molecule has 0 amide bonds. The van der Waals surface area contributed by atoms with Crippen LogP contribution in [0.25, 0.3) is 5.57 Å². The first-order valence-electron chi connectivity index (χ1n) is 13.6. The second-order valence-electron chi connectivity index (χ2n) is 9.91. The smallest absolute Gasteiger partial charge is 0.200 e. The molecule has 182 valence electrons. The second kappa shape index (κ2) is 15.7. The van der Waals surface area contributed by atoms with Gasteiger partial charge in [-0.1, -0.05) is 135 Å². The monoisotopic (exact) mass is 460 g/mol. The van der Waals surface area contributed by atoms with E-state index in [1.54, 1.807) is 6.07 Å². The lowest BCUT2D eigenvalue weighted by molar-refractivity contribution is 0.384. The molecule has 0 saturated carbocycles. The molecule has 1 unspecified atom stereocenters. The largest absolute Gasteiger partial charge is 0.219 e. The molecule has 3 heteroatoms. The number of benzene rings is 1. The zero-order chi connectivity index (χ0) is 23.1. The van der Waals surface area contributed by atoms with Gasteiger partial charge in [0.1, 0.15) is 0 Å². The number of unbranched alkanes of at least 4 members (excludes halogenated alkanes) is 12. The molecule has 2 rings (SSSR count). The van der Waals surface area contributed by atoms with Crippen molar-refractivity contribution >= 4 is 15.4 Å². The topological polar surface area (TPSA) is 34.1 Å². The van der Waals surface area contributed by atoms with Gasteiger partial charge in [-0.25, -0.2) is 8.42 Å². The molecule has 0 N–H and O–H groups in total. The highest BCUT2D eigenvalue weighted by atomic mass is 32.2. The molecule has 2 nitrogen and oxygen atoms in total. The summed E-state index contributed by atoms with van der Waals surface area (Å²) in [6, 6.07) is 7.52. The van der Waals surface area contributed by atoms with Crippen LogP contribution in [-0.2, 0) is 9.84 Å². The van der Waals surface area contributed by atoms with Gasteiger partial charge in [-0.15, -0.1) is 0 Å². The fourth-order valence-corrected chi connectivity index (χ4v) is 6.58. The third kappa shape index (κ3) is 9.81. The molecule has 0 radical (unpaired) electrons. The Morgan fingerprint density at radius 1 is 0.656 bits per heavy atom. The molecule has 0 aliphatic carbocycles. The maximum absolute atomic E-state index is 12.5. The van der Waals surface area contributed by atoms with Gasteiger partial charge < -0.3 is 0 Å². The van der Waals surface area contributed by atoms with Crippen LogP contribution in [0.3, 0.4) is 0 Å². The summed E-state index contributed by atoms with van der Waals surface area (Å²) >= 11 is 0. The van der Waals surface area contributed by atoms with E-state index in [4.69, 9.17) is 0 Å². The normalized spacial score (nSPS) is 15.5. The summed E-state index contributed by atoms with van der Waals surface area (Å²) in [5, 5.41) is 1.54. The Labute approximate surface area is 199 Å². The molecular formula is C29H48O2S. The van der Waals surface area contributed by atoms with Crippen LogP contribution in [0.4, 0.5) is 0 Å². The van der Waals surface area contributed by atoms with Gasteiger partial charge in [0.05, 0.1) is 4.90 Å². The maximum atomic E-state index is 12.5. The molecule has 1 heterocycles. The van der Waals surface area contributed by atoms with Crippen molar-refractivity contribution in [1.82, 2.24) is 0 Å². The standard InChI is InChI=1S/C29H48O2S/c1-3-5-7-9-11-12-14-16-20-26(19-15-13-10-8-6-4-2)23-24-27-25-32(30,31)29-22-18-17-21-28(27)29/h17-18,21-22,25-26H,3-16,19-20,23-24H2,1-2H3. The molecule has 32 heavy (non-hydrogen) atoms. The third-order valence-electron chi connectivity index (χ3n) is 7.09. The first-order valence-corrected chi connectivity index (χ1v) is 15.2. The van der Waals surface area contributed by atoms with Crippen LogP contribution in [0.5, 0.6) is 0 Å². The lowest BCUT2D eigenvalue weighted by atomic mass is 9.88. The zero-order valence-corrected chi connectivity index (χ0v) is 21.7. The van der Waals surface area contributed by atoms with Gasteiger partial charge in [0.2, 0.25) is 9.84 Å². The Balaban J connectivity index is 1.79. The number of fused-ring (bicyclic) bond motifs is 1. The fourth-order valence-electron chi connectivity index (χ4n) is 5.06. The summed E-state index contributed by atoms with van der Waals surface area (Å²) in [6.07, 6.45) is 23.7. The van der Waals surface area contributed by atoms with Crippen LogP contribution in [0.15, 0.2) is 34.6 Å². The Hall–Kier alpha value is -1.09. The first kappa shape index (κ1) is 27.2. The predicted octanol–water partition coefficient (Wildman–Crippen LogP) is 9.49. The van der Waals surface area contributed by atoms with Crippen molar-refractivity contribution in [3.05, 3.63) is 35.2 Å². The van der Waals surface area contributed by atoms with E-state index in [2.05, 4.69) is 13.8 Å². The van der Waals surface area contributed by atoms with Gasteiger partial charge in [-0.3, -0.25) is 0 Å². The lowest BCUT2D eigenvalue weighted by Crippen LogP contribution is -2.02. The minimum atomic E-state index is -3.23. The van der Waals surface area contributed by atoms with E-state index in [-0.39, 0.29) is 0 Å². The average molecular weight is 461 g/mol. The Morgan fingerprint density at radius 3 is 1.72 bits per heavy atom. The van der Waals surface area contributed by atoms with Crippen LogP contribution in [0.2, 0.25) is 0 Å². The quantitative estimate of drug-likeness (QED) is 0.193. The molecule has 0 aromatic heterocycles. The van der Waals surface area contributed by atoms with Crippen molar-refractivity contribution in [3.8, 4) is 0 Å². The number of hydrogen-bond donors (Lipinski definition) is 0. The van der Waals surface area contributed by atoms with Crippen molar-refractivity contribution in [3.63, 3.8) is 0 Å². The number of allylic oxidation sites excluding steroid dienone is 1. The minimum Gasteiger partial charge on any atom is -0.219 e. The molecule has 0 fully saturated rings.